The fourth-order valence-corrected chi connectivity index (χ4v) is 1.04. The van der Waals surface area contributed by atoms with Crippen LogP contribution in [-0.2, 0) is 6.42 Å². The van der Waals surface area contributed by atoms with E-state index in [1.165, 1.54) is 0 Å². The summed E-state index contributed by atoms with van der Waals surface area (Å²) < 4.78 is 0. The van der Waals surface area contributed by atoms with Gasteiger partial charge in [-0.25, -0.2) is 0 Å². The molecule has 1 N–H and O–H groups in total. The maximum Gasteiger partial charge on any atom is 0.118 e. The van der Waals surface area contributed by atoms with Gasteiger partial charge in [-0.1, -0.05) is 13.8 Å². The minimum Gasteiger partial charge on any atom is -0.508 e. The Morgan fingerprint density at radius 3 is 2.83 bits per heavy atom. The molecular weight excluding hydrogens is 150 g/mol. The minimum atomic E-state index is 0.309. The summed E-state index contributed by atoms with van der Waals surface area (Å²) >= 11 is 0. The van der Waals surface area contributed by atoms with E-state index in [2.05, 4.69) is 18.8 Å². The summed E-state index contributed by atoms with van der Waals surface area (Å²) in [6.07, 6.45) is 3.72. The lowest BCUT2D eigenvalue weighted by atomic mass is 10.1. The van der Waals surface area contributed by atoms with Gasteiger partial charge in [0.1, 0.15) is 5.75 Å². The number of hydrogen-bond donors (Lipinski definition) is 1. The van der Waals surface area contributed by atoms with Crippen molar-refractivity contribution in [3.63, 3.8) is 0 Å². The van der Waals surface area contributed by atoms with Crippen molar-refractivity contribution in [2.45, 2.75) is 26.7 Å². The van der Waals surface area contributed by atoms with Crippen LogP contribution in [0.3, 0.4) is 0 Å². The van der Waals surface area contributed by atoms with Crippen LogP contribution in [0.5, 0.6) is 5.75 Å². The molecule has 1 aromatic heterocycles. The third-order valence-electron chi connectivity index (χ3n) is 1.78. The molecule has 0 atom stereocenters. The van der Waals surface area contributed by atoms with Crippen molar-refractivity contribution in [3.8, 4) is 5.75 Å². The predicted octanol–water partition coefficient (Wildman–Crippen LogP) is 2.38. The van der Waals surface area contributed by atoms with Crippen LogP contribution >= 0.6 is 0 Å². The summed E-state index contributed by atoms with van der Waals surface area (Å²) in [4.78, 5) is 4.15. The number of hydrogen-bond acceptors (Lipinski definition) is 2. The van der Waals surface area contributed by atoms with E-state index in [0.29, 0.717) is 11.7 Å². The number of aryl methyl sites for hydroxylation is 1. The molecule has 12 heavy (non-hydrogen) atoms. The molecule has 0 saturated carbocycles. The Balaban J connectivity index is 2.52. The quantitative estimate of drug-likeness (QED) is 0.746. The topological polar surface area (TPSA) is 33.1 Å². The summed E-state index contributed by atoms with van der Waals surface area (Å²) in [6, 6.07) is 3.32. The molecular formula is C10H15NO. The molecule has 1 aromatic rings. The lowest BCUT2D eigenvalue weighted by Crippen LogP contribution is -1.94. The summed E-state index contributed by atoms with van der Waals surface area (Å²) in [6.45, 7) is 4.37. The zero-order chi connectivity index (χ0) is 8.97. The van der Waals surface area contributed by atoms with Gasteiger partial charge in [0, 0.05) is 18.0 Å². The lowest BCUT2D eigenvalue weighted by molar-refractivity contribution is 0.472. The van der Waals surface area contributed by atoms with Gasteiger partial charge in [-0.05, 0) is 24.8 Å². The first kappa shape index (κ1) is 9.04. The molecule has 0 saturated heterocycles. The zero-order valence-corrected chi connectivity index (χ0v) is 7.62. The van der Waals surface area contributed by atoms with E-state index < -0.39 is 0 Å². The standard InChI is InChI=1S/C10H15NO/c1-8(2)3-4-9-7-10(12)5-6-11-9/h5-8H,3-4H2,1-2H3,(H,11,12). The summed E-state index contributed by atoms with van der Waals surface area (Å²) in [5.41, 5.74) is 0.976. The molecule has 0 aliphatic rings. The number of aromatic nitrogens is 1. The number of aromatic hydroxyl groups is 1. The molecule has 0 amide bonds. The largest absolute Gasteiger partial charge is 0.508 e. The molecule has 0 aliphatic carbocycles. The summed E-state index contributed by atoms with van der Waals surface area (Å²) in [7, 11) is 0. The molecule has 0 fully saturated rings. The first-order chi connectivity index (χ1) is 5.68. The van der Waals surface area contributed by atoms with Crippen LogP contribution in [0.25, 0.3) is 0 Å². The van der Waals surface area contributed by atoms with Gasteiger partial charge < -0.3 is 5.11 Å². The molecule has 0 bridgehead atoms. The van der Waals surface area contributed by atoms with Gasteiger partial charge in [-0.2, -0.15) is 0 Å². The molecule has 0 aliphatic heterocycles. The first-order valence-electron chi connectivity index (χ1n) is 4.32. The van der Waals surface area contributed by atoms with Crippen molar-refractivity contribution >= 4 is 0 Å². The lowest BCUT2D eigenvalue weighted by Gasteiger charge is -2.03. The average Bonchev–Trinajstić information content (AvgIpc) is 2.01. The second-order valence-electron chi connectivity index (χ2n) is 3.44. The number of rotatable bonds is 3. The van der Waals surface area contributed by atoms with E-state index in [9.17, 15) is 0 Å². The second kappa shape index (κ2) is 4.10. The molecule has 2 heteroatoms. The predicted molar refractivity (Wildman–Crippen MR) is 49.1 cm³/mol. The maximum absolute atomic E-state index is 9.14. The van der Waals surface area contributed by atoms with Crippen molar-refractivity contribution in [3.05, 3.63) is 24.0 Å². The number of nitrogens with zero attached hydrogens (tertiary/aromatic N) is 1. The Bertz CT molecular complexity index is 245. The highest BCUT2D eigenvalue weighted by Crippen LogP contribution is 2.11. The van der Waals surface area contributed by atoms with Crippen LogP contribution in [0.2, 0.25) is 0 Å². The smallest absolute Gasteiger partial charge is 0.118 e. The van der Waals surface area contributed by atoms with Crippen molar-refractivity contribution in [2.75, 3.05) is 0 Å². The van der Waals surface area contributed by atoms with Crippen LogP contribution in [0.15, 0.2) is 18.3 Å². The summed E-state index contributed by atoms with van der Waals surface area (Å²) in [5, 5.41) is 9.14. The molecule has 66 valence electrons. The summed E-state index contributed by atoms with van der Waals surface area (Å²) in [5.74, 6) is 0.998. The van der Waals surface area contributed by atoms with Crippen LogP contribution < -0.4 is 0 Å². The van der Waals surface area contributed by atoms with Gasteiger partial charge in [0.15, 0.2) is 0 Å². The van der Waals surface area contributed by atoms with Gasteiger partial charge >= 0.3 is 0 Å². The van der Waals surface area contributed by atoms with Gasteiger partial charge in [-0.15, -0.1) is 0 Å². The van der Waals surface area contributed by atoms with Crippen molar-refractivity contribution < 1.29 is 5.11 Å². The third-order valence-corrected chi connectivity index (χ3v) is 1.78. The minimum absolute atomic E-state index is 0.309. The van der Waals surface area contributed by atoms with Crippen molar-refractivity contribution in [2.24, 2.45) is 5.92 Å². The van der Waals surface area contributed by atoms with Crippen LogP contribution in [0, 0.1) is 5.92 Å². The van der Waals surface area contributed by atoms with E-state index in [-0.39, 0.29) is 0 Å². The van der Waals surface area contributed by atoms with E-state index in [1.54, 1.807) is 18.3 Å². The maximum atomic E-state index is 9.14. The molecule has 1 rings (SSSR count). The Morgan fingerprint density at radius 1 is 1.50 bits per heavy atom. The molecule has 0 unspecified atom stereocenters. The highest BCUT2D eigenvalue weighted by molar-refractivity contribution is 5.20. The molecule has 1 heterocycles. The molecule has 0 radical (unpaired) electrons. The van der Waals surface area contributed by atoms with Crippen molar-refractivity contribution in [1.29, 1.82) is 0 Å². The Hall–Kier alpha value is -1.05. The highest BCUT2D eigenvalue weighted by atomic mass is 16.3. The van der Waals surface area contributed by atoms with Gasteiger partial charge in [0.05, 0.1) is 0 Å². The molecule has 2 nitrogen and oxygen atoms in total. The first-order valence-corrected chi connectivity index (χ1v) is 4.32. The van der Waals surface area contributed by atoms with Gasteiger partial charge in [0.25, 0.3) is 0 Å². The van der Waals surface area contributed by atoms with E-state index >= 15 is 0 Å². The van der Waals surface area contributed by atoms with E-state index in [1.807, 2.05) is 0 Å². The molecule has 0 aromatic carbocycles. The third kappa shape index (κ3) is 2.91. The fraction of sp³-hybridized carbons (Fsp3) is 0.500. The highest BCUT2D eigenvalue weighted by Gasteiger charge is 1.98. The Labute approximate surface area is 73.3 Å². The number of pyridine rings is 1. The van der Waals surface area contributed by atoms with Crippen LogP contribution in [0.1, 0.15) is 26.0 Å². The van der Waals surface area contributed by atoms with E-state index in [0.717, 1.165) is 18.5 Å². The second-order valence-corrected chi connectivity index (χ2v) is 3.44. The van der Waals surface area contributed by atoms with Crippen LogP contribution in [-0.4, -0.2) is 10.1 Å². The van der Waals surface area contributed by atoms with Gasteiger partial charge in [-0.3, -0.25) is 4.98 Å². The zero-order valence-electron chi connectivity index (χ0n) is 7.62. The Morgan fingerprint density at radius 2 is 2.25 bits per heavy atom. The fourth-order valence-electron chi connectivity index (χ4n) is 1.04. The average molecular weight is 165 g/mol. The monoisotopic (exact) mass is 165 g/mol. The van der Waals surface area contributed by atoms with Gasteiger partial charge in [0.2, 0.25) is 0 Å². The Kier molecular flexibility index (Phi) is 3.09. The molecule has 0 spiro atoms. The van der Waals surface area contributed by atoms with Crippen LogP contribution in [0.4, 0.5) is 0 Å². The van der Waals surface area contributed by atoms with Crippen molar-refractivity contribution in [1.82, 2.24) is 4.98 Å². The normalized spacial score (nSPS) is 10.6. The van der Waals surface area contributed by atoms with E-state index in [4.69, 9.17) is 5.11 Å². The SMILES string of the molecule is CC(C)CCc1cc(O)ccn1.